The molecule has 1 aromatic carbocycles. The second-order valence-electron chi connectivity index (χ2n) is 2.78. The predicted octanol–water partition coefficient (Wildman–Crippen LogP) is 1.33. The highest BCUT2D eigenvalue weighted by atomic mass is 16.5. The molecule has 0 bridgehead atoms. The van der Waals surface area contributed by atoms with Gasteiger partial charge in [-0.05, 0) is 23.8 Å². The Kier molecular flexibility index (Phi) is 3.47. The van der Waals surface area contributed by atoms with Gasteiger partial charge in [0.25, 0.3) is 0 Å². The summed E-state index contributed by atoms with van der Waals surface area (Å²) < 4.78 is 4.97. The van der Waals surface area contributed by atoms with Gasteiger partial charge in [-0.2, -0.15) is 5.26 Å². The summed E-state index contributed by atoms with van der Waals surface area (Å²) in [5.41, 5.74) is 6.13. The van der Waals surface area contributed by atoms with Crippen LogP contribution in [0.2, 0.25) is 0 Å². The number of nitrogens with zero attached hydrogens (tertiary/aromatic N) is 1. The highest BCUT2D eigenvalue weighted by molar-refractivity contribution is 5.97. The lowest BCUT2D eigenvalue weighted by atomic mass is 10.1. The molecular weight excluding hydrogens is 192 g/mol. The number of allylic oxidation sites excluding steroid dienone is 1. The van der Waals surface area contributed by atoms with Gasteiger partial charge in [-0.1, -0.05) is 6.07 Å². The van der Waals surface area contributed by atoms with Crippen LogP contribution in [0.25, 0.3) is 6.08 Å². The summed E-state index contributed by atoms with van der Waals surface area (Å²) >= 11 is 0. The maximum atomic E-state index is 11.1. The van der Waals surface area contributed by atoms with Crippen LogP contribution in [0.1, 0.15) is 15.9 Å². The molecule has 4 heteroatoms. The molecule has 0 saturated carbocycles. The smallest absolute Gasteiger partial charge is 0.249 e. The first kappa shape index (κ1) is 10.8. The molecule has 4 nitrogen and oxygen atoms in total. The molecule has 0 saturated heterocycles. The third-order valence-corrected chi connectivity index (χ3v) is 1.86. The lowest BCUT2D eigenvalue weighted by Crippen LogP contribution is -2.12. The van der Waals surface area contributed by atoms with Crippen molar-refractivity contribution in [1.29, 1.82) is 5.26 Å². The van der Waals surface area contributed by atoms with Gasteiger partial charge in [-0.3, -0.25) is 4.79 Å². The van der Waals surface area contributed by atoms with E-state index in [0.29, 0.717) is 16.9 Å². The quantitative estimate of drug-likeness (QED) is 0.751. The molecule has 0 aliphatic rings. The summed E-state index contributed by atoms with van der Waals surface area (Å²) in [5.74, 6) is 0.00407. The molecule has 1 aromatic rings. The fraction of sp³-hybridized carbons (Fsp3) is 0.0909. The molecule has 0 unspecified atom stereocenters. The van der Waals surface area contributed by atoms with Crippen molar-refractivity contribution in [3.63, 3.8) is 0 Å². The van der Waals surface area contributed by atoms with Gasteiger partial charge in [0.1, 0.15) is 5.75 Å². The van der Waals surface area contributed by atoms with Crippen molar-refractivity contribution in [3.8, 4) is 11.8 Å². The lowest BCUT2D eigenvalue weighted by Gasteiger charge is -2.04. The Morgan fingerprint density at radius 3 is 2.87 bits per heavy atom. The van der Waals surface area contributed by atoms with Crippen LogP contribution in [0.4, 0.5) is 0 Å². The molecule has 1 rings (SSSR count). The Balaban J connectivity index is 3.22. The third-order valence-electron chi connectivity index (χ3n) is 1.86. The minimum Gasteiger partial charge on any atom is -0.497 e. The lowest BCUT2D eigenvalue weighted by molar-refractivity contribution is 0.1000. The van der Waals surface area contributed by atoms with Crippen molar-refractivity contribution < 1.29 is 9.53 Å². The molecule has 0 atom stereocenters. The Morgan fingerprint density at radius 2 is 2.33 bits per heavy atom. The van der Waals surface area contributed by atoms with E-state index < -0.39 is 5.91 Å². The molecule has 76 valence electrons. The molecule has 0 heterocycles. The van der Waals surface area contributed by atoms with E-state index in [2.05, 4.69) is 0 Å². The number of benzene rings is 1. The summed E-state index contributed by atoms with van der Waals surface area (Å²) in [7, 11) is 1.50. The van der Waals surface area contributed by atoms with Crippen molar-refractivity contribution >= 4 is 12.0 Å². The largest absolute Gasteiger partial charge is 0.497 e. The minimum absolute atomic E-state index is 0.334. The highest BCUT2D eigenvalue weighted by Gasteiger charge is 2.07. The third kappa shape index (κ3) is 2.58. The van der Waals surface area contributed by atoms with Gasteiger partial charge in [0.05, 0.1) is 18.7 Å². The topological polar surface area (TPSA) is 76.1 Å². The average Bonchev–Trinajstić information content (AvgIpc) is 2.26. The fourth-order valence-corrected chi connectivity index (χ4v) is 1.15. The number of amides is 1. The van der Waals surface area contributed by atoms with Crippen molar-refractivity contribution in [2.24, 2.45) is 5.73 Å². The van der Waals surface area contributed by atoms with Crippen LogP contribution in [0, 0.1) is 11.3 Å². The number of hydrogen-bond acceptors (Lipinski definition) is 3. The number of carbonyl (C=O) groups is 1. The van der Waals surface area contributed by atoms with Gasteiger partial charge in [0.15, 0.2) is 0 Å². The molecule has 0 radical (unpaired) electrons. The van der Waals surface area contributed by atoms with Gasteiger partial charge in [0.2, 0.25) is 5.91 Å². The first-order valence-electron chi connectivity index (χ1n) is 4.23. The number of methoxy groups -OCH3 is 1. The minimum atomic E-state index is -0.550. The maximum Gasteiger partial charge on any atom is 0.249 e. The van der Waals surface area contributed by atoms with E-state index in [4.69, 9.17) is 15.7 Å². The molecule has 2 N–H and O–H groups in total. The molecule has 15 heavy (non-hydrogen) atoms. The van der Waals surface area contributed by atoms with Crippen LogP contribution in [0.3, 0.4) is 0 Å². The van der Waals surface area contributed by atoms with E-state index in [0.717, 1.165) is 0 Å². The van der Waals surface area contributed by atoms with Crippen LogP contribution >= 0.6 is 0 Å². The predicted molar refractivity (Wildman–Crippen MR) is 56.2 cm³/mol. The standard InChI is InChI=1S/C11H10N2O2/c1-15-9-5-4-8(3-2-6-12)10(7-9)11(13)14/h2-5,7H,1H3,(H2,13,14). The van der Waals surface area contributed by atoms with E-state index >= 15 is 0 Å². The van der Waals surface area contributed by atoms with Crippen molar-refractivity contribution in [2.75, 3.05) is 7.11 Å². The average molecular weight is 202 g/mol. The monoisotopic (exact) mass is 202 g/mol. The van der Waals surface area contributed by atoms with Gasteiger partial charge >= 0.3 is 0 Å². The first-order chi connectivity index (χ1) is 7.19. The molecule has 0 fully saturated rings. The summed E-state index contributed by atoms with van der Waals surface area (Å²) in [6.07, 6.45) is 2.81. The molecule has 0 aliphatic carbocycles. The van der Waals surface area contributed by atoms with Gasteiger partial charge in [-0.15, -0.1) is 0 Å². The van der Waals surface area contributed by atoms with Crippen LogP contribution in [-0.2, 0) is 0 Å². The van der Waals surface area contributed by atoms with E-state index in [-0.39, 0.29) is 0 Å². The normalized spacial score (nSPS) is 9.87. The number of nitrogens with two attached hydrogens (primary N) is 1. The molecule has 0 aliphatic heterocycles. The Hall–Kier alpha value is -2.28. The summed E-state index contributed by atoms with van der Waals surface area (Å²) in [6, 6.07) is 6.76. The molecule has 0 aromatic heterocycles. The molecular formula is C11H10N2O2. The summed E-state index contributed by atoms with van der Waals surface area (Å²) in [4.78, 5) is 11.1. The van der Waals surface area contributed by atoms with E-state index in [1.165, 1.54) is 19.3 Å². The van der Waals surface area contributed by atoms with Crippen molar-refractivity contribution in [2.45, 2.75) is 0 Å². The maximum absolute atomic E-state index is 11.1. The number of nitriles is 1. The zero-order valence-electron chi connectivity index (χ0n) is 8.23. The van der Waals surface area contributed by atoms with Crippen LogP contribution in [0.15, 0.2) is 24.3 Å². The number of primary amides is 1. The van der Waals surface area contributed by atoms with Gasteiger partial charge < -0.3 is 10.5 Å². The highest BCUT2D eigenvalue weighted by Crippen LogP contribution is 2.18. The zero-order valence-corrected chi connectivity index (χ0v) is 8.23. The number of hydrogen-bond donors (Lipinski definition) is 1. The van der Waals surface area contributed by atoms with E-state index in [1.54, 1.807) is 18.2 Å². The molecule has 0 spiro atoms. The number of rotatable bonds is 3. The van der Waals surface area contributed by atoms with Crippen LogP contribution in [-0.4, -0.2) is 13.0 Å². The van der Waals surface area contributed by atoms with Gasteiger partial charge in [-0.25, -0.2) is 0 Å². The van der Waals surface area contributed by atoms with Crippen LogP contribution in [0.5, 0.6) is 5.75 Å². The number of carbonyl (C=O) groups excluding carboxylic acids is 1. The fourth-order valence-electron chi connectivity index (χ4n) is 1.15. The number of ether oxygens (including phenoxy) is 1. The Morgan fingerprint density at radius 1 is 1.60 bits per heavy atom. The van der Waals surface area contributed by atoms with Crippen molar-refractivity contribution in [1.82, 2.24) is 0 Å². The van der Waals surface area contributed by atoms with Gasteiger partial charge in [0, 0.05) is 6.08 Å². The van der Waals surface area contributed by atoms with Crippen molar-refractivity contribution in [3.05, 3.63) is 35.4 Å². The van der Waals surface area contributed by atoms with E-state index in [1.807, 2.05) is 6.07 Å². The summed E-state index contributed by atoms with van der Waals surface area (Å²) in [5, 5.41) is 8.38. The Bertz CT molecular complexity index is 444. The molecule has 1 amide bonds. The summed E-state index contributed by atoms with van der Waals surface area (Å²) in [6.45, 7) is 0. The zero-order chi connectivity index (χ0) is 11.3. The Labute approximate surface area is 87.6 Å². The second-order valence-corrected chi connectivity index (χ2v) is 2.78. The second kappa shape index (κ2) is 4.82. The van der Waals surface area contributed by atoms with Crippen LogP contribution < -0.4 is 10.5 Å². The van der Waals surface area contributed by atoms with E-state index in [9.17, 15) is 4.79 Å². The first-order valence-corrected chi connectivity index (χ1v) is 4.23. The SMILES string of the molecule is COc1ccc(C=CC#N)c(C(N)=O)c1.